The lowest BCUT2D eigenvalue weighted by atomic mass is 10.2. The van der Waals surface area contributed by atoms with Crippen molar-refractivity contribution in [3.63, 3.8) is 0 Å². The number of nitrogens with one attached hydrogen (secondary N) is 2. The van der Waals surface area contributed by atoms with Gasteiger partial charge in [0.1, 0.15) is 0 Å². The largest absolute Gasteiger partial charge is 0.355 e. The van der Waals surface area contributed by atoms with Crippen molar-refractivity contribution in [3.8, 4) is 0 Å². The zero-order valence-corrected chi connectivity index (χ0v) is 17.8. The van der Waals surface area contributed by atoms with Gasteiger partial charge in [-0.25, -0.2) is 4.99 Å². The molecule has 0 bridgehead atoms. The smallest absolute Gasteiger partial charge is 0.241 e. The van der Waals surface area contributed by atoms with E-state index in [2.05, 4.69) is 27.4 Å². The second-order valence-corrected chi connectivity index (χ2v) is 7.69. The number of amides is 1. The van der Waals surface area contributed by atoms with Crippen molar-refractivity contribution in [2.24, 2.45) is 4.99 Å². The van der Waals surface area contributed by atoms with Gasteiger partial charge in [-0.3, -0.25) is 9.69 Å². The van der Waals surface area contributed by atoms with Gasteiger partial charge < -0.3 is 15.5 Å². The molecule has 1 unspecified atom stereocenters. The van der Waals surface area contributed by atoms with E-state index in [1.54, 1.807) is 31.1 Å². The Bertz CT molecular complexity index is 666. The van der Waals surface area contributed by atoms with Gasteiger partial charge in [0.05, 0.1) is 13.1 Å². The summed E-state index contributed by atoms with van der Waals surface area (Å²) in [7, 11) is 3.47. The van der Waals surface area contributed by atoms with Crippen LogP contribution in [0.2, 0.25) is 10.0 Å². The Hall–Kier alpha value is -1.50. The monoisotopic (exact) mass is 413 g/mol. The lowest BCUT2D eigenvalue weighted by Gasteiger charge is -2.24. The first-order valence-corrected chi connectivity index (χ1v) is 10.1. The van der Waals surface area contributed by atoms with Crippen LogP contribution in [-0.4, -0.2) is 68.0 Å². The predicted molar refractivity (Wildman–Crippen MR) is 113 cm³/mol. The van der Waals surface area contributed by atoms with Gasteiger partial charge >= 0.3 is 0 Å². The second kappa shape index (κ2) is 10.7. The topological polar surface area (TPSA) is 60.0 Å². The maximum atomic E-state index is 11.9. The van der Waals surface area contributed by atoms with E-state index in [0.717, 1.165) is 25.2 Å². The zero-order valence-electron chi connectivity index (χ0n) is 16.3. The number of rotatable bonds is 7. The molecule has 0 radical (unpaired) electrons. The fourth-order valence-corrected chi connectivity index (χ4v) is 3.53. The van der Waals surface area contributed by atoms with Crippen LogP contribution in [0.1, 0.15) is 25.3 Å². The highest BCUT2D eigenvalue weighted by Gasteiger charge is 2.22. The summed E-state index contributed by atoms with van der Waals surface area (Å²) in [4.78, 5) is 20.5. The van der Waals surface area contributed by atoms with Crippen molar-refractivity contribution >= 4 is 35.1 Å². The molecule has 0 spiro atoms. The summed E-state index contributed by atoms with van der Waals surface area (Å²) in [6.45, 7) is 5.76. The summed E-state index contributed by atoms with van der Waals surface area (Å²) in [5.41, 5.74) is 0.886. The number of carbonyl (C=O) groups excluding carboxylic acids is 1. The number of nitrogens with zero attached hydrogens (tertiary/aromatic N) is 3. The Balaban J connectivity index is 2.02. The van der Waals surface area contributed by atoms with E-state index in [1.807, 2.05) is 6.07 Å². The van der Waals surface area contributed by atoms with E-state index < -0.39 is 0 Å². The van der Waals surface area contributed by atoms with Gasteiger partial charge in [0.2, 0.25) is 5.91 Å². The lowest BCUT2D eigenvalue weighted by Crippen LogP contribution is -2.47. The maximum Gasteiger partial charge on any atom is 0.241 e. The Morgan fingerprint density at radius 1 is 1.33 bits per heavy atom. The first-order chi connectivity index (χ1) is 12.9. The van der Waals surface area contributed by atoms with Crippen molar-refractivity contribution in [1.29, 1.82) is 0 Å². The normalized spacial score (nSPS) is 17.8. The van der Waals surface area contributed by atoms with Gasteiger partial charge in [0, 0.05) is 36.7 Å². The van der Waals surface area contributed by atoms with Crippen LogP contribution in [-0.2, 0) is 11.3 Å². The van der Waals surface area contributed by atoms with Crippen LogP contribution in [0.3, 0.4) is 0 Å². The number of hydrogen-bond donors (Lipinski definition) is 2. The summed E-state index contributed by atoms with van der Waals surface area (Å²) < 4.78 is 0. The first kappa shape index (κ1) is 21.8. The number of likely N-dealkylation sites (tertiary alicyclic amines) is 1. The minimum atomic E-state index is -0.00919. The van der Waals surface area contributed by atoms with Gasteiger partial charge in [-0.1, -0.05) is 36.2 Å². The molecule has 27 heavy (non-hydrogen) atoms. The fraction of sp³-hybridized carbons (Fsp3) is 0.579. The Labute approximate surface area is 171 Å². The molecular weight excluding hydrogens is 385 g/mol. The van der Waals surface area contributed by atoms with Gasteiger partial charge in [0.25, 0.3) is 0 Å². The molecule has 1 atom stereocenters. The van der Waals surface area contributed by atoms with Crippen molar-refractivity contribution in [3.05, 3.63) is 33.8 Å². The lowest BCUT2D eigenvalue weighted by molar-refractivity contribution is -0.127. The Morgan fingerprint density at radius 3 is 2.78 bits per heavy atom. The molecule has 1 fully saturated rings. The fourth-order valence-electron chi connectivity index (χ4n) is 3.06. The van der Waals surface area contributed by atoms with E-state index in [1.165, 1.54) is 12.8 Å². The highest BCUT2D eigenvalue weighted by molar-refractivity contribution is 6.35. The summed E-state index contributed by atoms with van der Waals surface area (Å²) in [6.07, 6.45) is 2.40. The zero-order chi connectivity index (χ0) is 19.8. The summed E-state index contributed by atoms with van der Waals surface area (Å²) in [6, 6.07) is 5.87. The number of guanidine groups is 1. The molecule has 1 amide bonds. The average molecular weight is 414 g/mol. The van der Waals surface area contributed by atoms with Crippen LogP contribution in [0.25, 0.3) is 0 Å². The summed E-state index contributed by atoms with van der Waals surface area (Å²) in [5.74, 6) is 0.601. The molecule has 2 N–H and O–H groups in total. The number of aliphatic imine (C=N–C) groups is 1. The third-order valence-electron chi connectivity index (χ3n) is 4.74. The molecule has 150 valence electrons. The molecular formula is C19H29Cl2N5O. The van der Waals surface area contributed by atoms with Crippen molar-refractivity contribution in [2.75, 3.05) is 40.3 Å². The SMILES string of the molecule is CCN1CCCC1CNC(=NCc1ccc(Cl)cc1Cl)NCC(=O)N(C)C. The molecule has 0 aromatic heterocycles. The molecule has 1 saturated heterocycles. The number of carbonyl (C=O) groups is 1. The summed E-state index contributed by atoms with van der Waals surface area (Å²) >= 11 is 12.2. The van der Waals surface area contributed by atoms with Crippen LogP contribution in [0.5, 0.6) is 0 Å². The molecule has 1 aliphatic heterocycles. The number of halogens is 2. The maximum absolute atomic E-state index is 11.9. The van der Waals surface area contributed by atoms with Crippen LogP contribution < -0.4 is 10.6 Å². The number of likely N-dealkylation sites (N-methyl/N-ethyl adjacent to an activating group) is 2. The van der Waals surface area contributed by atoms with Gasteiger partial charge in [-0.15, -0.1) is 0 Å². The molecule has 1 aliphatic rings. The minimum Gasteiger partial charge on any atom is -0.355 e. The van der Waals surface area contributed by atoms with Crippen LogP contribution in [0.4, 0.5) is 0 Å². The van der Waals surface area contributed by atoms with E-state index in [0.29, 0.717) is 28.6 Å². The van der Waals surface area contributed by atoms with Gasteiger partial charge in [-0.05, 0) is 43.6 Å². The highest BCUT2D eigenvalue weighted by Crippen LogP contribution is 2.21. The van der Waals surface area contributed by atoms with Crippen molar-refractivity contribution < 1.29 is 4.79 Å². The van der Waals surface area contributed by atoms with Gasteiger partial charge in [-0.2, -0.15) is 0 Å². The summed E-state index contributed by atoms with van der Waals surface area (Å²) in [5, 5.41) is 7.68. The molecule has 6 nitrogen and oxygen atoms in total. The van der Waals surface area contributed by atoms with E-state index in [-0.39, 0.29) is 12.5 Å². The van der Waals surface area contributed by atoms with Crippen LogP contribution in [0.15, 0.2) is 23.2 Å². The number of benzene rings is 1. The highest BCUT2D eigenvalue weighted by atomic mass is 35.5. The molecule has 1 aromatic rings. The molecule has 0 saturated carbocycles. The third kappa shape index (κ3) is 6.87. The Morgan fingerprint density at radius 2 is 2.11 bits per heavy atom. The first-order valence-electron chi connectivity index (χ1n) is 9.31. The third-order valence-corrected chi connectivity index (χ3v) is 5.33. The van der Waals surface area contributed by atoms with Crippen LogP contribution in [0, 0.1) is 0 Å². The molecule has 1 aromatic carbocycles. The molecule has 2 rings (SSSR count). The quantitative estimate of drug-likeness (QED) is 0.532. The average Bonchev–Trinajstić information content (AvgIpc) is 3.09. The molecule has 8 heteroatoms. The van der Waals surface area contributed by atoms with E-state index in [9.17, 15) is 4.79 Å². The Kier molecular flexibility index (Phi) is 8.67. The van der Waals surface area contributed by atoms with E-state index in [4.69, 9.17) is 23.2 Å². The van der Waals surface area contributed by atoms with E-state index >= 15 is 0 Å². The van der Waals surface area contributed by atoms with Gasteiger partial charge in [0.15, 0.2) is 5.96 Å². The second-order valence-electron chi connectivity index (χ2n) is 6.85. The van der Waals surface area contributed by atoms with Crippen molar-refractivity contribution in [2.45, 2.75) is 32.4 Å². The van der Waals surface area contributed by atoms with Crippen LogP contribution >= 0.6 is 23.2 Å². The molecule has 1 heterocycles. The minimum absolute atomic E-state index is 0.00919. The number of hydrogen-bond acceptors (Lipinski definition) is 3. The standard InChI is InChI=1S/C19H29Cl2N5O/c1-4-26-9-5-6-16(26)12-23-19(24-13-18(27)25(2)3)22-11-14-7-8-15(20)10-17(14)21/h7-8,10,16H,4-6,9,11-13H2,1-3H3,(H2,22,23,24). The van der Waals surface area contributed by atoms with Crippen molar-refractivity contribution in [1.82, 2.24) is 20.4 Å². The molecule has 0 aliphatic carbocycles. The predicted octanol–water partition coefficient (Wildman–Crippen LogP) is 2.60.